The van der Waals surface area contributed by atoms with E-state index in [-0.39, 0.29) is 0 Å². The molecule has 0 spiro atoms. The van der Waals surface area contributed by atoms with E-state index >= 15 is 0 Å². The van der Waals surface area contributed by atoms with Crippen LogP contribution in [-0.2, 0) is 12.0 Å². The lowest BCUT2D eigenvalue weighted by Crippen LogP contribution is -2.28. The fraction of sp³-hybridized carbons (Fsp3) is 0.0417. The van der Waals surface area contributed by atoms with Gasteiger partial charge in [-0.15, -0.1) is 0 Å². The zero-order valence-corrected chi connectivity index (χ0v) is 28.5. The van der Waals surface area contributed by atoms with E-state index in [1.165, 1.54) is 33.4 Å². The fourth-order valence-electron chi connectivity index (χ4n) is 7.75. The maximum absolute atomic E-state index is 5.20. The molecule has 4 heteroatoms. The van der Waals surface area contributed by atoms with Crippen molar-refractivity contribution in [2.45, 2.75) is 12.0 Å². The Hall–Kier alpha value is -6.78. The molecule has 1 aromatic heterocycles. The van der Waals surface area contributed by atoms with Crippen LogP contribution in [0, 0.1) is 0 Å². The third-order valence-electron chi connectivity index (χ3n) is 10.1. The topological polar surface area (TPSA) is 51.0 Å². The van der Waals surface area contributed by atoms with E-state index in [4.69, 9.17) is 15.0 Å². The number of rotatable bonds is 8. The minimum atomic E-state index is -0.521. The Morgan fingerprint density at radius 1 is 0.404 bits per heavy atom. The first-order valence-corrected chi connectivity index (χ1v) is 17.5. The van der Waals surface area contributed by atoms with Crippen molar-refractivity contribution in [1.29, 1.82) is 0 Å². The van der Waals surface area contributed by atoms with Gasteiger partial charge in [-0.1, -0.05) is 164 Å². The highest BCUT2D eigenvalue weighted by atomic mass is 15.0. The van der Waals surface area contributed by atoms with E-state index in [9.17, 15) is 0 Å². The Morgan fingerprint density at radius 2 is 0.904 bits per heavy atom. The van der Waals surface area contributed by atoms with Crippen molar-refractivity contribution >= 4 is 6.72 Å². The molecule has 246 valence electrons. The Labute approximate surface area is 303 Å². The van der Waals surface area contributed by atoms with Crippen molar-refractivity contribution in [2.24, 2.45) is 4.99 Å². The van der Waals surface area contributed by atoms with Crippen LogP contribution in [0.25, 0.3) is 56.4 Å². The summed E-state index contributed by atoms with van der Waals surface area (Å²) in [6.07, 6.45) is 0. The number of aromatic nitrogens is 3. The number of hydrogen-bond donors (Lipinski definition) is 0. The highest BCUT2D eigenvalue weighted by molar-refractivity contribution is 5.88. The van der Waals surface area contributed by atoms with Gasteiger partial charge in [-0.3, -0.25) is 4.99 Å². The van der Waals surface area contributed by atoms with Crippen LogP contribution in [-0.4, -0.2) is 21.7 Å². The molecule has 0 bridgehead atoms. The highest BCUT2D eigenvalue weighted by Gasteiger charge is 2.46. The van der Waals surface area contributed by atoms with Crippen LogP contribution in [0.5, 0.6) is 0 Å². The molecule has 0 N–H and O–H groups in total. The monoisotopic (exact) mass is 666 g/mol. The van der Waals surface area contributed by atoms with E-state index in [0.717, 1.165) is 33.4 Å². The van der Waals surface area contributed by atoms with Crippen LogP contribution in [0.3, 0.4) is 0 Å². The predicted octanol–water partition coefficient (Wildman–Crippen LogP) is 11.1. The smallest absolute Gasteiger partial charge is 0.164 e. The van der Waals surface area contributed by atoms with Crippen molar-refractivity contribution < 1.29 is 0 Å². The van der Waals surface area contributed by atoms with Crippen LogP contribution >= 0.6 is 0 Å². The molecule has 0 atom stereocenters. The normalized spacial score (nSPS) is 12.5. The van der Waals surface area contributed by atoms with Crippen LogP contribution in [0.1, 0.15) is 27.8 Å². The van der Waals surface area contributed by atoms with Crippen molar-refractivity contribution in [3.05, 3.63) is 210 Å². The molecule has 0 fully saturated rings. The fourth-order valence-corrected chi connectivity index (χ4v) is 7.75. The number of nitrogens with zero attached hydrogens (tertiary/aromatic N) is 4. The van der Waals surface area contributed by atoms with E-state index in [2.05, 4.69) is 163 Å². The second-order valence-electron chi connectivity index (χ2n) is 13.1. The minimum absolute atomic E-state index is 0.521. The summed E-state index contributed by atoms with van der Waals surface area (Å²) in [6.45, 7) is 4.25. The van der Waals surface area contributed by atoms with E-state index < -0.39 is 5.41 Å². The van der Waals surface area contributed by atoms with E-state index in [0.29, 0.717) is 24.0 Å². The first-order valence-electron chi connectivity index (χ1n) is 17.5. The largest absolute Gasteiger partial charge is 0.296 e. The Morgan fingerprint density at radius 3 is 1.58 bits per heavy atom. The quantitative estimate of drug-likeness (QED) is 0.152. The van der Waals surface area contributed by atoms with Gasteiger partial charge in [0.1, 0.15) is 0 Å². The van der Waals surface area contributed by atoms with Gasteiger partial charge in [0.2, 0.25) is 0 Å². The first-order chi connectivity index (χ1) is 25.7. The molecule has 0 aliphatic heterocycles. The summed E-state index contributed by atoms with van der Waals surface area (Å²) in [7, 11) is 0. The molecule has 1 aliphatic carbocycles. The predicted molar refractivity (Wildman–Crippen MR) is 212 cm³/mol. The van der Waals surface area contributed by atoms with Gasteiger partial charge in [-0.2, -0.15) is 0 Å². The second kappa shape index (κ2) is 13.2. The third-order valence-corrected chi connectivity index (χ3v) is 10.1. The first kappa shape index (κ1) is 31.2. The van der Waals surface area contributed by atoms with Gasteiger partial charge < -0.3 is 0 Å². The summed E-state index contributed by atoms with van der Waals surface area (Å²) in [5.41, 5.74) is 12.9. The van der Waals surface area contributed by atoms with Crippen LogP contribution in [0.4, 0.5) is 0 Å². The number of fused-ring (bicyclic) bond motifs is 3. The SMILES string of the molecule is C=NCc1cccc(-c2cccc(-c3nc(-c4ccccc4)nc(-c4ccc5c(c4)C(c4ccccc4)(c4ccccc4)c4ccccc4-5)n3)c2)c1. The zero-order valence-electron chi connectivity index (χ0n) is 28.5. The van der Waals surface area contributed by atoms with Gasteiger partial charge in [0.25, 0.3) is 0 Å². The summed E-state index contributed by atoms with van der Waals surface area (Å²) >= 11 is 0. The maximum Gasteiger partial charge on any atom is 0.164 e. The molecule has 0 saturated carbocycles. The molecule has 7 aromatic carbocycles. The number of hydrogen-bond acceptors (Lipinski definition) is 4. The lowest BCUT2D eigenvalue weighted by molar-refractivity contribution is 0.768. The highest BCUT2D eigenvalue weighted by Crippen LogP contribution is 2.56. The van der Waals surface area contributed by atoms with Crippen LogP contribution in [0.15, 0.2) is 187 Å². The minimum Gasteiger partial charge on any atom is -0.296 e. The van der Waals surface area contributed by atoms with Crippen molar-refractivity contribution in [3.63, 3.8) is 0 Å². The summed E-state index contributed by atoms with van der Waals surface area (Å²) in [6, 6.07) is 64.2. The lowest BCUT2D eigenvalue weighted by atomic mass is 9.67. The Bertz CT molecular complexity index is 2520. The van der Waals surface area contributed by atoms with Gasteiger partial charge in [-0.25, -0.2) is 15.0 Å². The molecule has 0 unspecified atom stereocenters. The van der Waals surface area contributed by atoms with Crippen LogP contribution in [0.2, 0.25) is 0 Å². The lowest BCUT2D eigenvalue weighted by Gasteiger charge is -2.34. The second-order valence-corrected chi connectivity index (χ2v) is 13.1. The summed E-state index contributed by atoms with van der Waals surface area (Å²) in [4.78, 5) is 19.5. The molecule has 52 heavy (non-hydrogen) atoms. The molecule has 1 heterocycles. The van der Waals surface area contributed by atoms with Crippen LogP contribution < -0.4 is 0 Å². The Balaban J connectivity index is 1.25. The summed E-state index contributed by atoms with van der Waals surface area (Å²) in [5.74, 6) is 1.88. The number of aliphatic imine (C=N–C) groups is 1. The average Bonchev–Trinajstić information content (AvgIpc) is 3.52. The number of benzene rings is 7. The molecule has 0 saturated heterocycles. The third kappa shape index (κ3) is 5.33. The molecule has 9 rings (SSSR count). The summed E-state index contributed by atoms with van der Waals surface area (Å²) in [5, 5.41) is 0. The van der Waals surface area contributed by atoms with Gasteiger partial charge in [-0.05, 0) is 75.0 Å². The van der Waals surface area contributed by atoms with Gasteiger partial charge in [0.15, 0.2) is 17.5 Å². The molecule has 1 aliphatic rings. The van der Waals surface area contributed by atoms with Crippen molar-refractivity contribution in [3.8, 4) is 56.4 Å². The van der Waals surface area contributed by atoms with E-state index in [1.807, 2.05) is 30.3 Å². The summed E-state index contributed by atoms with van der Waals surface area (Å²) < 4.78 is 0. The zero-order chi connectivity index (χ0) is 34.9. The molecular formula is C48H34N4. The van der Waals surface area contributed by atoms with Crippen molar-refractivity contribution in [1.82, 2.24) is 15.0 Å². The molecular weight excluding hydrogens is 633 g/mol. The Kier molecular flexibility index (Phi) is 7.90. The molecule has 8 aromatic rings. The van der Waals surface area contributed by atoms with Gasteiger partial charge in [0, 0.05) is 16.7 Å². The molecule has 0 radical (unpaired) electrons. The van der Waals surface area contributed by atoms with Gasteiger partial charge >= 0.3 is 0 Å². The average molecular weight is 667 g/mol. The molecule has 0 amide bonds. The standard InChI is InChI=1S/C48H34N4/c1-49-32-33-15-13-18-35(29-33)36-19-14-20-37(30-36)46-50-45(34-16-5-2-6-17-34)51-47(52-46)38-27-28-42-41-25-11-12-26-43(41)48(44(42)31-38,39-21-7-3-8-22-39)40-23-9-4-10-24-40/h2-31H,1,32H2. The molecule has 4 nitrogen and oxygen atoms in total. The maximum atomic E-state index is 5.20. The van der Waals surface area contributed by atoms with E-state index in [1.54, 1.807) is 0 Å². The van der Waals surface area contributed by atoms with Gasteiger partial charge in [0.05, 0.1) is 12.0 Å². The van der Waals surface area contributed by atoms with Crippen molar-refractivity contribution in [2.75, 3.05) is 0 Å².